The number of aryl methyl sites for hydroxylation is 1. The van der Waals surface area contributed by atoms with Crippen molar-refractivity contribution < 1.29 is 13.2 Å². The van der Waals surface area contributed by atoms with Gasteiger partial charge in [-0.25, -0.2) is 8.42 Å². The molecule has 0 atom stereocenters. The van der Waals surface area contributed by atoms with Crippen LogP contribution in [-0.4, -0.2) is 20.9 Å². The third-order valence-electron chi connectivity index (χ3n) is 4.20. The molecular weight excluding hydrogens is 404 g/mol. The molecule has 5 nitrogen and oxygen atoms in total. The number of benzene rings is 3. The summed E-state index contributed by atoms with van der Waals surface area (Å²) in [7, 11) is -3.86. The summed E-state index contributed by atoms with van der Waals surface area (Å²) in [5.74, 6) is -0.290. The van der Waals surface area contributed by atoms with Gasteiger partial charge in [-0.2, -0.15) is 0 Å². The van der Waals surface area contributed by atoms with E-state index in [1.165, 1.54) is 23.9 Å². The number of carbonyl (C=O) groups is 1. The fraction of sp³-hybridized carbons (Fsp3) is 0.136. The first-order chi connectivity index (χ1) is 13.9. The Labute approximate surface area is 175 Å². The van der Waals surface area contributed by atoms with E-state index in [9.17, 15) is 13.2 Å². The average Bonchev–Trinajstić information content (AvgIpc) is 2.70. The molecule has 0 aromatic heterocycles. The van der Waals surface area contributed by atoms with Crippen molar-refractivity contribution in [3.05, 3.63) is 83.9 Å². The molecule has 3 aromatic rings. The van der Waals surface area contributed by atoms with E-state index in [-0.39, 0.29) is 10.8 Å². The van der Waals surface area contributed by atoms with Gasteiger partial charge in [0, 0.05) is 21.9 Å². The van der Waals surface area contributed by atoms with Crippen LogP contribution in [0.5, 0.6) is 0 Å². The normalized spacial score (nSPS) is 11.1. The van der Waals surface area contributed by atoms with Crippen molar-refractivity contribution in [3.8, 4) is 0 Å². The Morgan fingerprint density at radius 3 is 2.38 bits per heavy atom. The lowest BCUT2D eigenvalue weighted by atomic mass is 10.1. The Hall–Kier alpha value is -2.77. The van der Waals surface area contributed by atoms with Crippen LogP contribution >= 0.6 is 11.8 Å². The van der Waals surface area contributed by atoms with Crippen molar-refractivity contribution in [2.24, 2.45) is 0 Å². The lowest BCUT2D eigenvalue weighted by molar-refractivity contribution is 0.0955. The van der Waals surface area contributed by atoms with Crippen LogP contribution in [-0.2, 0) is 10.0 Å². The van der Waals surface area contributed by atoms with Crippen molar-refractivity contribution in [2.75, 3.05) is 11.3 Å². The fourth-order valence-corrected chi connectivity index (χ4v) is 4.82. The van der Waals surface area contributed by atoms with Gasteiger partial charge in [-0.15, -0.1) is 0 Å². The van der Waals surface area contributed by atoms with Crippen molar-refractivity contribution in [3.63, 3.8) is 0 Å². The molecule has 0 saturated carbocycles. The zero-order chi connectivity index (χ0) is 20.9. The zero-order valence-corrected chi connectivity index (χ0v) is 17.8. The first-order valence-corrected chi connectivity index (χ1v) is 11.4. The largest absolute Gasteiger partial charge is 0.352 e. The van der Waals surface area contributed by atoms with Crippen molar-refractivity contribution in [1.29, 1.82) is 0 Å². The maximum Gasteiger partial charge on any atom is 0.261 e. The Balaban J connectivity index is 1.91. The smallest absolute Gasteiger partial charge is 0.261 e. The summed E-state index contributed by atoms with van der Waals surface area (Å²) in [4.78, 5) is 14.1. The summed E-state index contributed by atoms with van der Waals surface area (Å²) in [5, 5.41) is 2.71. The van der Waals surface area contributed by atoms with Crippen LogP contribution in [0.15, 0.2) is 87.5 Å². The molecule has 0 radical (unpaired) electrons. The van der Waals surface area contributed by atoms with Crippen molar-refractivity contribution >= 4 is 33.4 Å². The number of carbonyl (C=O) groups excluding carboxylic acids is 1. The molecule has 0 spiro atoms. The van der Waals surface area contributed by atoms with E-state index in [0.29, 0.717) is 17.8 Å². The molecule has 0 aliphatic heterocycles. The summed E-state index contributed by atoms with van der Waals surface area (Å²) in [6.07, 6.45) is 0. The lowest BCUT2D eigenvalue weighted by Gasteiger charge is -2.14. The van der Waals surface area contributed by atoms with Crippen LogP contribution < -0.4 is 10.0 Å². The lowest BCUT2D eigenvalue weighted by Crippen LogP contribution is -2.24. The predicted molar refractivity (Wildman–Crippen MR) is 117 cm³/mol. The highest BCUT2D eigenvalue weighted by Crippen LogP contribution is 2.34. The van der Waals surface area contributed by atoms with Crippen LogP contribution in [0.2, 0.25) is 0 Å². The summed E-state index contributed by atoms with van der Waals surface area (Å²) in [6, 6.07) is 21.5. The maximum absolute atomic E-state index is 13.0. The minimum absolute atomic E-state index is 0.0452. The summed E-state index contributed by atoms with van der Waals surface area (Å²) in [6.45, 7) is 4.06. The highest BCUT2D eigenvalue weighted by Gasteiger charge is 2.19. The highest BCUT2D eigenvalue weighted by atomic mass is 32.2. The van der Waals surface area contributed by atoms with Crippen LogP contribution in [0.3, 0.4) is 0 Å². The maximum atomic E-state index is 13.0. The topological polar surface area (TPSA) is 75.3 Å². The molecule has 2 N–H and O–H groups in total. The second-order valence-electron chi connectivity index (χ2n) is 6.35. The molecular formula is C22H22N2O3S2. The number of rotatable bonds is 7. The second kappa shape index (κ2) is 9.15. The monoisotopic (exact) mass is 426 g/mol. The molecule has 29 heavy (non-hydrogen) atoms. The van der Waals surface area contributed by atoms with E-state index >= 15 is 0 Å². The van der Waals surface area contributed by atoms with Gasteiger partial charge in [-0.1, -0.05) is 48.2 Å². The Bertz CT molecular complexity index is 1110. The van der Waals surface area contributed by atoms with E-state index < -0.39 is 10.0 Å². The van der Waals surface area contributed by atoms with Crippen molar-refractivity contribution in [2.45, 2.75) is 28.5 Å². The third kappa shape index (κ3) is 5.19. The van der Waals surface area contributed by atoms with E-state index in [4.69, 9.17) is 0 Å². The summed E-state index contributed by atoms with van der Waals surface area (Å²) < 4.78 is 28.7. The first kappa shape index (κ1) is 21.0. The van der Waals surface area contributed by atoms with Gasteiger partial charge in [0.05, 0.1) is 10.6 Å². The fourth-order valence-electron chi connectivity index (χ4n) is 2.73. The molecule has 1 amide bonds. The second-order valence-corrected chi connectivity index (χ2v) is 9.15. The van der Waals surface area contributed by atoms with Gasteiger partial charge in [0.1, 0.15) is 0 Å². The van der Waals surface area contributed by atoms with Gasteiger partial charge in [-0.05, 0) is 55.8 Å². The molecule has 3 aromatic carbocycles. The van der Waals surface area contributed by atoms with Gasteiger partial charge in [0.2, 0.25) is 0 Å². The average molecular weight is 427 g/mol. The number of amides is 1. The number of hydrogen-bond acceptors (Lipinski definition) is 4. The molecule has 0 fully saturated rings. The van der Waals surface area contributed by atoms with Gasteiger partial charge in [-0.3, -0.25) is 9.52 Å². The minimum Gasteiger partial charge on any atom is -0.352 e. The number of nitrogens with one attached hydrogen (secondary N) is 2. The van der Waals surface area contributed by atoms with Crippen LogP contribution in [0.4, 0.5) is 5.69 Å². The molecule has 0 unspecified atom stereocenters. The first-order valence-electron chi connectivity index (χ1n) is 9.14. The number of para-hydroxylation sites is 1. The zero-order valence-electron chi connectivity index (χ0n) is 16.2. The van der Waals surface area contributed by atoms with E-state index in [1.807, 2.05) is 49.4 Å². The molecule has 3 rings (SSSR count). The Morgan fingerprint density at radius 2 is 1.66 bits per heavy atom. The van der Waals surface area contributed by atoms with Crippen LogP contribution in [0.1, 0.15) is 22.8 Å². The molecule has 0 bridgehead atoms. The number of anilines is 1. The summed E-state index contributed by atoms with van der Waals surface area (Å²) in [5.41, 5.74) is 1.55. The van der Waals surface area contributed by atoms with Gasteiger partial charge in [0.15, 0.2) is 0 Å². The van der Waals surface area contributed by atoms with Gasteiger partial charge < -0.3 is 5.32 Å². The molecule has 150 valence electrons. The van der Waals surface area contributed by atoms with Gasteiger partial charge in [0.25, 0.3) is 15.9 Å². The number of hydrogen-bond donors (Lipinski definition) is 2. The predicted octanol–water partition coefficient (Wildman–Crippen LogP) is 4.70. The van der Waals surface area contributed by atoms with Gasteiger partial charge >= 0.3 is 0 Å². The quantitative estimate of drug-likeness (QED) is 0.574. The number of sulfonamides is 1. The summed E-state index contributed by atoms with van der Waals surface area (Å²) >= 11 is 1.48. The standard InChI is InChI=1S/C22H22N2O3S2/c1-3-23-22(25)19-15-18(14-13-16(19)2)29(26,27)24-20-11-7-8-12-21(20)28-17-9-5-4-6-10-17/h4-15,24H,3H2,1-2H3,(H,23,25). The van der Waals surface area contributed by atoms with E-state index in [0.717, 1.165) is 15.4 Å². The SMILES string of the molecule is CCNC(=O)c1cc(S(=O)(=O)Nc2ccccc2Sc2ccccc2)ccc1C. The van der Waals surface area contributed by atoms with Crippen LogP contribution in [0.25, 0.3) is 0 Å². The Morgan fingerprint density at radius 1 is 0.966 bits per heavy atom. The van der Waals surface area contributed by atoms with Crippen LogP contribution in [0, 0.1) is 6.92 Å². The van der Waals surface area contributed by atoms with E-state index in [2.05, 4.69) is 10.0 Å². The van der Waals surface area contributed by atoms with Crippen molar-refractivity contribution in [1.82, 2.24) is 5.32 Å². The molecule has 0 aliphatic rings. The highest BCUT2D eigenvalue weighted by molar-refractivity contribution is 7.99. The van der Waals surface area contributed by atoms with E-state index in [1.54, 1.807) is 25.1 Å². The molecule has 7 heteroatoms. The Kier molecular flexibility index (Phi) is 6.61. The third-order valence-corrected chi connectivity index (χ3v) is 6.65. The molecule has 0 saturated heterocycles. The molecule has 0 heterocycles. The minimum atomic E-state index is -3.86. The molecule has 0 aliphatic carbocycles.